The molecule has 3 heteroatoms. The zero-order valence-electron chi connectivity index (χ0n) is 12.7. The van der Waals surface area contributed by atoms with Gasteiger partial charge in [-0.2, -0.15) is 0 Å². The van der Waals surface area contributed by atoms with Crippen molar-refractivity contribution in [2.45, 2.75) is 64.5 Å². The standard InChI is InChI=1S/C17H27NO2/c1-3-14(18)12-13-8-7-11-16(19-4-2)17(13)20-15-9-5-6-10-15/h7-8,11,14-15H,3-6,9-10,12,18H2,1-2H3. The van der Waals surface area contributed by atoms with Crippen LogP contribution in [-0.4, -0.2) is 18.8 Å². The highest BCUT2D eigenvalue weighted by molar-refractivity contribution is 5.47. The molecule has 1 unspecified atom stereocenters. The van der Waals surface area contributed by atoms with Crippen molar-refractivity contribution in [3.8, 4) is 11.5 Å². The minimum atomic E-state index is 0.179. The summed E-state index contributed by atoms with van der Waals surface area (Å²) < 4.78 is 12.0. The Morgan fingerprint density at radius 3 is 2.65 bits per heavy atom. The molecular formula is C17H27NO2. The molecule has 0 saturated heterocycles. The molecule has 1 atom stereocenters. The molecule has 1 saturated carbocycles. The van der Waals surface area contributed by atoms with Gasteiger partial charge < -0.3 is 15.2 Å². The second-order valence-electron chi connectivity index (χ2n) is 5.57. The zero-order chi connectivity index (χ0) is 14.4. The molecule has 2 N–H and O–H groups in total. The predicted molar refractivity (Wildman–Crippen MR) is 82.5 cm³/mol. The van der Waals surface area contributed by atoms with Crippen LogP contribution in [0.25, 0.3) is 0 Å². The van der Waals surface area contributed by atoms with Gasteiger partial charge in [0.15, 0.2) is 11.5 Å². The van der Waals surface area contributed by atoms with Gasteiger partial charge >= 0.3 is 0 Å². The van der Waals surface area contributed by atoms with Crippen LogP contribution < -0.4 is 15.2 Å². The molecule has 0 aromatic heterocycles. The van der Waals surface area contributed by atoms with Crippen LogP contribution in [0.3, 0.4) is 0 Å². The summed E-state index contributed by atoms with van der Waals surface area (Å²) in [4.78, 5) is 0. The Labute approximate surface area is 122 Å². The molecule has 1 aromatic carbocycles. The first-order valence-electron chi connectivity index (χ1n) is 7.91. The number of hydrogen-bond acceptors (Lipinski definition) is 3. The van der Waals surface area contributed by atoms with Gasteiger partial charge in [-0.25, -0.2) is 0 Å². The molecule has 0 amide bonds. The molecule has 3 nitrogen and oxygen atoms in total. The van der Waals surface area contributed by atoms with Crippen molar-refractivity contribution in [3.63, 3.8) is 0 Å². The molecule has 112 valence electrons. The summed E-state index contributed by atoms with van der Waals surface area (Å²) in [6, 6.07) is 6.32. The lowest BCUT2D eigenvalue weighted by molar-refractivity contribution is 0.194. The third-order valence-corrected chi connectivity index (χ3v) is 3.95. The fraction of sp³-hybridized carbons (Fsp3) is 0.647. The first-order chi connectivity index (χ1) is 9.74. The first-order valence-corrected chi connectivity index (χ1v) is 7.91. The Morgan fingerprint density at radius 2 is 2.00 bits per heavy atom. The lowest BCUT2D eigenvalue weighted by Gasteiger charge is -2.21. The molecule has 20 heavy (non-hydrogen) atoms. The molecule has 2 rings (SSSR count). The van der Waals surface area contributed by atoms with Crippen LogP contribution in [0.15, 0.2) is 18.2 Å². The van der Waals surface area contributed by atoms with E-state index in [0.29, 0.717) is 12.7 Å². The molecule has 0 heterocycles. The van der Waals surface area contributed by atoms with Crippen LogP contribution in [0.5, 0.6) is 11.5 Å². The van der Waals surface area contributed by atoms with Gasteiger partial charge in [0, 0.05) is 6.04 Å². The van der Waals surface area contributed by atoms with Crippen molar-refractivity contribution >= 4 is 0 Å². The van der Waals surface area contributed by atoms with E-state index in [2.05, 4.69) is 13.0 Å². The molecular weight excluding hydrogens is 250 g/mol. The van der Waals surface area contributed by atoms with Gasteiger partial charge in [-0.1, -0.05) is 19.1 Å². The van der Waals surface area contributed by atoms with Crippen molar-refractivity contribution in [1.29, 1.82) is 0 Å². The van der Waals surface area contributed by atoms with Crippen molar-refractivity contribution in [2.75, 3.05) is 6.61 Å². The van der Waals surface area contributed by atoms with Crippen LogP contribution in [0.1, 0.15) is 51.5 Å². The Bertz CT molecular complexity index is 413. The van der Waals surface area contributed by atoms with Crippen LogP contribution in [-0.2, 0) is 6.42 Å². The summed E-state index contributed by atoms with van der Waals surface area (Å²) in [5.41, 5.74) is 7.29. The Kier molecular flexibility index (Phi) is 5.72. The predicted octanol–water partition coefficient (Wildman–Crippen LogP) is 3.69. The van der Waals surface area contributed by atoms with E-state index < -0.39 is 0 Å². The molecule has 0 spiro atoms. The number of para-hydroxylation sites is 1. The normalized spacial score (nSPS) is 17.1. The summed E-state index contributed by atoms with van der Waals surface area (Å²) in [6.45, 7) is 4.78. The van der Waals surface area contributed by atoms with E-state index in [1.54, 1.807) is 0 Å². The first kappa shape index (κ1) is 15.2. The number of rotatable bonds is 7. The SMILES string of the molecule is CCOc1cccc(CC(N)CC)c1OC1CCCC1. The lowest BCUT2D eigenvalue weighted by atomic mass is 10.0. The maximum Gasteiger partial charge on any atom is 0.164 e. The maximum absolute atomic E-state index is 6.25. The van der Waals surface area contributed by atoms with Crippen molar-refractivity contribution in [1.82, 2.24) is 0 Å². The van der Waals surface area contributed by atoms with E-state index in [-0.39, 0.29) is 6.04 Å². The van der Waals surface area contributed by atoms with Crippen LogP contribution in [0, 0.1) is 0 Å². The summed E-state index contributed by atoms with van der Waals surface area (Å²) in [5, 5.41) is 0. The van der Waals surface area contributed by atoms with Gasteiger partial charge in [0.25, 0.3) is 0 Å². The van der Waals surface area contributed by atoms with Crippen LogP contribution >= 0.6 is 0 Å². The quantitative estimate of drug-likeness (QED) is 0.826. The largest absolute Gasteiger partial charge is 0.490 e. The summed E-state index contributed by atoms with van der Waals surface area (Å²) in [5.74, 6) is 1.78. The minimum Gasteiger partial charge on any atom is -0.490 e. The van der Waals surface area contributed by atoms with E-state index in [9.17, 15) is 0 Å². The molecule has 0 bridgehead atoms. The number of ether oxygens (including phenoxy) is 2. The van der Waals surface area contributed by atoms with Crippen LogP contribution in [0.2, 0.25) is 0 Å². The maximum atomic E-state index is 6.25. The van der Waals surface area contributed by atoms with Gasteiger partial charge in [0.1, 0.15) is 0 Å². The molecule has 1 aromatic rings. The number of nitrogens with two attached hydrogens (primary N) is 1. The van der Waals surface area contributed by atoms with Crippen molar-refractivity contribution in [2.24, 2.45) is 5.73 Å². The minimum absolute atomic E-state index is 0.179. The lowest BCUT2D eigenvalue weighted by Crippen LogP contribution is -2.22. The zero-order valence-corrected chi connectivity index (χ0v) is 12.7. The molecule has 0 radical (unpaired) electrons. The Balaban J connectivity index is 2.21. The van der Waals surface area contributed by atoms with Crippen LogP contribution in [0.4, 0.5) is 0 Å². The molecule has 1 aliphatic carbocycles. The topological polar surface area (TPSA) is 44.5 Å². The van der Waals surface area contributed by atoms with E-state index in [1.807, 2.05) is 19.1 Å². The second-order valence-corrected chi connectivity index (χ2v) is 5.57. The summed E-state index contributed by atoms with van der Waals surface area (Å²) in [6.07, 6.45) is 7.00. The number of hydrogen-bond donors (Lipinski definition) is 1. The van der Waals surface area contributed by atoms with E-state index in [1.165, 1.54) is 18.4 Å². The number of benzene rings is 1. The highest BCUT2D eigenvalue weighted by Crippen LogP contribution is 2.35. The van der Waals surface area contributed by atoms with Gasteiger partial charge in [0.05, 0.1) is 12.7 Å². The van der Waals surface area contributed by atoms with E-state index in [4.69, 9.17) is 15.2 Å². The van der Waals surface area contributed by atoms with E-state index >= 15 is 0 Å². The van der Waals surface area contributed by atoms with E-state index in [0.717, 1.165) is 37.2 Å². The monoisotopic (exact) mass is 277 g/mol. The molecule has 1 fully saturated rings. The van der Waals surface area contributed by atoms with Gasteiger partial charge in [-0.15, -0.1) is 0 Å². The highest BCUT2D eigenvalue weighted by atomic mass is 16.5. The second kappa shape index (κ2) is 7.53. The third-order valence-electron chi connectivity index (χ3n) is 3.95. The summed E-state index contributed by atoms with van der Waals surface area (Å²) in [7, 11) is 0. The highest BCUT2D eigenvalue weighted by Gasteiger charge is 2.21. The molecule has 1 aliphatic rings. The van der Waals surface area contributed by atoms with Gasteiger partial charge in [-0.3, -0.25) is 0 Å². The van der Waals surface area contributed by atoms with Crippen molar-refractivity contribution < 1.29 is 9.47 Å². The van der Waals surface area contributed by atoms with Gasteiger partial charge in [-0.05, 0) is 57.1 Å². The average molecular weight is 277 g/mol. The average Bonchev–Trinajstić information content (AvgIpc) is 2.95. The Morgan fingerprint density at radius 1 is 1.25 bits per heavy atom. The fourth-order valence-electron chi connectivity index (χ4n) is 2.72. The fourth-order valence-corrected chi connectivity index (χ4v) is 2.72. The summed E-state index contributed by atoms with van der Waals surface area (Å²) >= 11 is 0. The third kappa shape index (κ3) is 3.89. The van der Waals surface area contributed by atoms with Crippen molar-refractivity contribution in [3.05, 3.63) is 23.8 Å². The smallest absolute Gasteiger partial charge is 0.164 e. The Hall–Kier alpha value is -1.22. The molecule has 0 aliphatic heterocycles. The van der Waals surface area contributed by atoms with Gasteiger partial charge in [0.2, 0.25) is 0 Å².